The number of anilines is 2. The Balaban J connectivity index is 3.10. The fourth-order valence-electron chi connectivity index (χ4n) is 1.48. The molecule has 0 radical (unpaired) electrons. The summed E-state index contributed by atoms with van der Waals surface area (Å²) in [5, 5.41) is 8.72. The predicted octanol–water partition coefficient (Wildman–Crippen LogP) is 1.01. The molecule has 5 nitrogen and oxygen atoms in total. The van der Waals surface area contributed by atoms with Gasteiger partial charge < -0.3 is 15.7 Å². The van der Waals surface area contributed by atoms with Gasteiger partial charge in [-0.15, -0.1) is 0 Å². The molecule has 0 aliphatic rings. The lowest BCUT2D eigenvalue weighted by Crippen LogP contribution is -2.34. The normalized spacial score (nSPS) is 9.88. The molecule has 16 heavy (non-hydrogen) atoms. The number of carboxylic acid groups (broad SMARTS) is 1. The number of aliphatic carboxylic acids is 1. The van der Waals surface area contributed by atoms with Gasteiger partial charge >= 0.3 is 5.97 Å². The highest BCUT2D eigenvalue weighted by Gasteiger charge is 2.16. The molecule has 0 bridgehead atoms. The standard InChI is InChI=1S/C11H14N2O3/c1-7-5-9(12)3-4-10(7)13(8(2)14)6-11(15)16/h3-5H,6,12H2,1-2H3,(H,15,16). The van der Waals surface area contributed by atoms with Crippen molar-refractivity contribution < 1.29 is 14.7 Å². The van der Waals surface area contributed by atoms with Gasteiger partial charge in [0.1, 0.15) is 6.54 Å². The Morgan fingerprint density at radius 1 is 1.44 bits per heavy atom. The lowest BCUT2D eigenvalue weighted by atomic mass is 10.1. The summed E-state index contributed by atoms with van der Waals surface area (Å²) in [4.78, 5) is 23.2. The van der Waals surface area contributed by atoms with Crippen LogP contribution in [0.5, 0.6) is 0 Å². The van der Waals surface area contributed by atoms with Crippen molar-refractivity contribution in [1.29, 1.82) is 0 Å². The van der Waals surface area contributed by atoms with Gasteiger partial charge in [-0.2, -0.15) is 0 Å². The number of carbonyl (C=O) groups excluding carboxylic acids is 1. The number of aryl methyl sites for hydroxylation is 1. The summed E-state index contributed by atoms with van der Waals surface area (Å²) in [6, 6.07) is 4.99. The van der Waals surface area contributed by atoms with E-state index in [4.69, 9.17) is 10.8 Å². The van der Waals surface area contributed by atoms with Gasteiger partial charge in [-0.25, -0.2) is 0 Å². The molecule has 1 amide bonds. The van der Waals surface area contributed by atoms with Gasteiger partial charge in [-0.1, -0.05) is 0 Å². The van der Waals surface area contributed by atoms with Crippen LogP contribution in [0.15, 0.2) is 18.2 Å². The van der Waals surface area contributed by atoms with Crippen LogP contribution in [0.25, 0.3) is 0 Å². The number of rotatable bonds is 3. The third-order valence-corrected chi connectivity index (χ3v) is 2.19. The smallest absolute Gasteiger partial charge is 0.323 e. The van der Waals surface area contributed by atoms with Crippen LogP contribution < -0.4 is 10.6 Å². The van der Waals surface area contributed by atoms with Crippen LogP contribution in [0.2, 0.25) is 0 Å². The third kappa shape index (κ3) is 2.73. The van der Waals surface area contributed by atoms with Crippen LogP contribution >= 0.6 is 0 Å². The van der Waals surface area contributed by atoms with Crippen molar-refractivity contribution in [2.24, 2.45) is 0 Å². The molecule has 0 saturated heterocycles. The monoisotopic (exact) mass is 222 g/mol. The number of hydrogen-bond acceptors (Lipinski definition) is 3. The Morgan fingerprint density at radius 2 is 2.06 bits per heavy atom. The molecule has 0 aliphatic heterocycles. The Kier molecular flexibility index (Phi) is 3.50. The number of amides is 1. The van der Waals surface area contributed by atoms with Gasteiger partial charge in [0.2, 0.25) is 5.91 Å². The highest BCUT2D eigenvalue weighted by Crippen LogP contribution is 2.22. The van der Waals surface area contributed by atoms with Crippen LogP contribution in [0.4, 0.5) is 11.4 Å². The first-order valence-electron chi connectivity index (χ1n) is 4.78. The van der Waals surface area contributed by atoms with E-state index in [0.29, 0.717) is 11.4 Å². The summed E-state index contributed by atoms with van der Waals surface area (Å²) in [7, 11) is 0. The molecule has 0 heterocycles. The molecule has 0 spiro atoms. The fourth-order valence-corrected chi connectivity index (χ4v) is 1.48. The van der Waals surface area contributed by atoms with Gasteiger partial charge in [-0.3, -0.25) is 9.59 Å². The summed E-state index contributed by atoms with van der Waals surface area (Å²) in [5.41, 5.74) is 7.52. The molecule has 86 valence electrons. The second-order valence-corrected chi connectivity index (χ2v) is 3.54. The number of benzene rings is 1. The Bertz CT molecular complexity index is 429. The Morgan fingerprint density at radius 3 is 2.50 bits per heavy atom. The number of carbonyl (C=O) groups is 2. The summed E-state index contributed by atoms with van der Waals surface area (Å²) in [6.07, 6.45) is 0. The lowest BCUT2D eigenvalue weighted by molar-refractivity contribution is -0.136. The molecule has 3 N–H and O–H groups in total. The largest absolute Gasteiger partial charge is 0.480 e. The molecular formula is C11H14N2O3. The molecule has 0 unspecified atom stereocenters. The zero-order valence-electron chi connectivity index (χ0n) is 9.23. The highest BCUT2D eigenvalue weighted by atomic mass is 16.4. The van der Waals surface area contributed by atoms with E-state index in [9.17, 15) is 9.59 Å². The zero-order valence-corrected chi connectivity index (χ0v) is 9.23. The van der Waals surface area contributed by atoms with E-state index in [2.05, 4.69) is 0 Å². The van der Waals surface area contributed by atoms with Crippen molar-refractivity contribution in [2.75, 3.05) is 17.2 Å². The minimum atomic E-state index is -1.05. The Labute approximate surface area is 93.5 Å². The van der Waals surface area contributed by atoms with Crippen LogP contribution in [-0.2, 0) is 9.59 Å². The van der Waals surface area contributed by atoms with Gasteiger partial charge in [0.15, 0.2) is 0 Å². The van der Waals surface area contributed by atoms with Crippen molar-refractivity contribution in [2.45, 2.75) is 13.8 Å². The van der Waals surface area contributed by atoms with Crippen molar-refractivity contribution in [3.8, 4) is 0 Å². The van der Waals surface area contributed by atoms with Crippen molar-refractivity contribution >= 4 is 23.3 Å². The maximum Gasteiger partial charge on any atom is 0.323 e. The first kappa shape index (κ1) is 12.0. The van der Waals surface area contributed by atoms with E-state index in [1.54, 1.807) is 25.1 Å². The second-order valence-electron chi connectivity index (χ2n) is 3.54. The molecule has 5 heteroatoms. The summed E-state index contributed by atoms with van der Waals surface area (Å²) in [5.74, 6) is -1.36. The molecule has 0 aliphatic carbocycles. The molecule has 0 atom stereocenters. The minimum absolute atomic E-state index is 0.310. The topological polar surface area (TPSA) is 83.6 Å². The van der Waals surface area contributed by atoms with Gasteiger partial charge in [0.25, 0.3) is 0 Å². The van der Waals surface area contributed by atoms with E-state index >= 15 is 0 Å². The van der Waals surface area contributed by atoms with Crippen LogP contribution in [-0.4, -0.2) is 23.5 Å². The van der Waals surface area contributed by atoms with Crippen molar-refractivity contribution in [1.82, 2.24) is 0 Å². The predicted molar refractivity (Wildman–Crippen MR) is 61.3 cm³/mol. The third-order valence-electron chi connectivity index (χ3n) is 2.19. The van der Waals surface area contributed by atoms with E-state index in [1.807, 2.05) is 0 Å². The number of nitrogens with two attached hydrogens (primary N) is 1. The molecule has 0 saturated carbocycles. The van der Waals surface area contributed by atoms with Crippen LogP contribution in [0.1, 0.15) is 12.5 Å². The number of nitrogen functional groups attached to an aromatic ring is 1. The maximum atomic E-state index is 11.3. The van der Waals surface area contributed by atoms with Crippen molar-refractivity contribution in [3.05, 3.63) is 23.8 Å². The molecular weight excluding hydrogens is 208 g/mol. The average Bonchev–Trinajstić information content (AvgIpc) is 2.14. The number of carboxylic acids is 1. The van der Waals surface area contributed by atoms with Gasteiger partial charge in [0, 0.05) is 18.3 Å². The van der Waals surface area contributed by atoms with E-state index < -0.39 is 5.97 Å². The van der Waals surface area contributed by atoms with Gasteiger partial charge in [0.05, 0.1) is 0 Å². The summed E-state index contributed by atoms with van der Waals surface area (Å²) >= 11 is 0. The molecule has 1 aromatic rings. The highest BCUT2D eigenvalue weighted by molar-refractivity contribution is 5.96. The van der Waals surface area contributed by atoms with E-state index in [1.165, 1.54) is 11.8 Å². The summed E-state index contributed by atoms with van der Waals surface area (Å²) in [6.45, 7) is 2.77. The molecule has 0 fully saturated rings. The summed E-state index contributed by atoms with van der Waals surface area (Å²) < 4.78 is 0. The number of nitrogens with zero attached hydrogens (tertiary/aromatic N) is 1. The van der Waals surface area contributed by atoms with E-state index in [0.717, 1.165) is 5.56 Å². The Hall–Kier alpha value is -2.04. The molecule has 1 aromatic carbocycles. The van der Waals surface area contributed by atoms with Crippen LogP contribution in [0.3, 0.4) is 0 Å². The first-order valence-corrected chi connectivity index (χ1v) is 4.78. The molecule has 1 rings (SSSR count). The fraction of sp³-hybridized carbons (Fsp3) is 0.273. The lowest BCUT2D eigenvalue weighted by Gasteiger charge is -2.21. The molecule has 0 aromatic heterocycles. The van der Waals surface area contributed by atoms with E-state index in [-0.39, 0.29) is 12.5 Å². The maximum absolute atomic E-state index is 11.3. The van der Waals surface area contributed by atoms with Crippen molar-refractivity contribution in [3.63, 3.8) is 0 Å². The average molecular weight is 222 g/mol. The van der Waals surface area contributed by atoms with Crippen LogP contribution in [0, 0.1) is 6.92 Å². The van der Waals surface area contributed by atoms with Gasteiger partial charge in [-0.05, 0) is 30.7 Å². The second kappa shape index (κ2) is 4.65. The zero-order chi connectivity index (χ0) is 12.3. The quantitative estimate of drug-likeness (QED) is 0.748. The minimum Gasteiger partial charge on any atom is -0.480 e. The SMILES string of the molecule is CC(=O)N(CC(=O)O)c1ccc(N)cc1C. The number of hydrogen-bond donors (Lipinski definition) is 2. The first-order chi connectivity index (χ1) is 7.41.